The summed E-state index contributed by atoms with van der Waals surface area (Å²) in [4.78, 5) is 36.4. The molecule has 12 heteroatoms. The van der Waals surface area contributed by atoms with Crippen molar-refractivity contribution >= 4 is 28.3 Å². The molecule has 1 unspecified atom stereocenters. The lowest BCUT2D eigenvalue weighted by atomic mass is 10.1. The van der Waals surface area contributed by atoms with Gasteiger partial charge in [-0.2, -0.15) is 5.10 Å². The molecule has 3 N–H and O–H groups in total. The fourth-order valence-corrected chi connectivity index (χ4v) is 4.59. The molecule has 0 aliphatic carbocycles. The van der Waals surface area contributed by atoms with Crippen molar-refractivity contribution in [3.63, 3.8) is 0 Å². The predicted octanol–water partition coefficient (Wildman–Crippen LogP) is 2.77. The van der Waals surface area contributed by atoms with Crippen LogP contribution in [0.25, 0.3) is 22.2 Å². The normalized spacial score (nSPS) is 11.8. The number of aromatic nitrogens is 7. The van der Waals surface area contributed by atoms with Crippen LogP contribution in [0.15, 0.2) is 78.1 Å². The fourth-order valence-electron chi connectivity index (χ4n) is 4.59. The van der Waals surface area contributed by atoms with Crippen LogP contribution >= 0.6 is 0 Å². The van der Waals surface area contributed by atoms with E-state index in [1.807, 2.05) is 0 Å². The topological polar surface area (TPSA) is 138 Å². The molecular formula is C29H22FN9O2. The lowest BCUT2D eigenvalue weighted by Gasteiger charge is -2.20. The number of nitrogens with two attached hydrogens (primary N) is 1. The highest BCUT2D eigenvalue weighted by atomic mass is 19.1. The lowest BCUT2D eigenvalue weighted by Crippen LogP contribution is -2.33. The van der Waals surface area contributed by atoms with Gasteiger partial charge in [0.2, 0.25) is 0 Å². The number of halogens is 1. The molecule has 0 saturated carbocycles. The first kappa shape index (κ1) is 25.4. The molecule has 0 bridgehead atoms. The van der Waals surface area contributed by atoms with Gasteiger partial charge in [-0.15, -0.1) is 5.10 Å². The van der Waals surface area contributed by atoms with Crippen molar-refractivity contribution in [1.29, 1.82) is 0 Å². The molecule has 1 amide bonds. The van der Waals surface area contributed by atoms with E-state index in [1.54, 1.807) is 67.6 Å². The second-order valence-corrected chi connectivity index (χ2v) is 9.29. The van der Waals surface area contributed by atoms with Gasteiger partial charge >= 0.3 is 0 Å². The van der Waals surface area contributed by atoms with Crippen LogP contribution in [0.1, 0.15) is 40.3 Å². The van der Waals surface area contributed by atoms with Crippen LogP contribution in [0.5, 0.6) is 0 Å². The van der Waals surface area contributed by atoms with E-state index in [9.17, 15) is 14.0 Å². The number of hydrogen-bond donors (Lipinski definition) is 2. The number of benzene rings is 2. The van der Waals surface area contributed by atoms with E-state index in [0.717, 1.165) is 0 Å². The molecule has 0 aliphatic heterocycles. The zero-order valence-corrected chi connectivity index (χ0v) is 21.9. The summed E-state index contributed by atoms with van der Waals surface area (Å²) in [5.41, 5.74) is 7.67. The number of fused-ring (bicyclic) bond motifs is 2. The maximum atomic E-state index is 14.3. The van der Waals surface area contributed by atoms with Gasteiger partial charge in [0.1, 0.15) is 17.2 Å². The van der Waals surface area contributed by atoms with E-state index in [-0.39, 0.29) is 33.9 Å². The van der Waals surface area contributed by atoms with Gasteiger partial charge < -0.3 is 11.1 Å². The Morgan fingerprint density at radius 1 is 1.15 bits per heavy atom. The number of hydrogen-bond acceptors (Lipinski definition) is 7. The second kappa shape index (κ2) is 10.0. The molecule has 0 aliphatic rings. The van der Waals surface area contributed by atoms with Crippen molar-refractivity contribution in [2.24, 2.45) is 7.05 Å². The minimum absolute atomic E-state index is 0.000719. The van der Waals surface area contributed by atoms with Crippen LogP contribution in [-0.2, 0) is 7.05 Å². The molecule has 0 spiro atoms. The first-order valence-corrected chi connectivity index (χ1v) is 12.5. The molecule has 0 saturated heterocycles. The highest BCUT2D eigenvalue weighted by Gasteiger charge is 2.25. The van der Waals surface area contributed by atoms with Gasteiger partial charge in [0.05, 0.1) is 34.4 Å². The van der Waals surface area contributed by atoms with E-state index in [1.165, 1.54) is 33.5 Å². The predicted molar refractivity (Wildman–Crippen MR) is 150 cm³/mol. The number of carbonyl (C=O) groups is 1. The Morgan fingerprint density at radius 3 is 2.76 bits per heavy atom. The van der Waals surface area contributed by atoms with Gasteiger partial charge in [0.25, 0.3) is 11.5 Å². The minimum Gasteiger partial charge on any atom is -0.381 e. The number of rotatable bonds is 4. The summed E-state index contributed by atoms with van der Waals surface area (Å²) >= 11 is 0. The highest BCUT2D eigenvalue weighted by molar-refractivity contribution is 6.04. The Morgan fingerprint density at radius 2 is 1.98 bits per heavy atom. The number of carbonyl (C=O) groups excluding carboxylic acids is 1. The molecule has 11 nitrogen and oxygen atoms in total. The Balaban J connectivity index is 1.49. The Labute approximate surface area is 232 Å². The van der Waals surface area contributed by atoms with Crippen molar-refractivity contribution in [1.82, 2.24) is 39.2 Å². The molecule has 2 aromatic carbocycles. The van der Waals surface area contributed by atoms with Gasteiger partial charge in [0, 0.05) is 31.2 Å². The molecule has 0 radical (unpaired) electrons. The van der Waals surface area contributed by atoms with E-state index >= 15 is 0 Å². The molecule has 0 fully saturated rings. The van der Waals surface area contributed by atoms with Crippen molar-refractivity contribution < 1.29 is 9.18 Å². The van der Waals surface area contributed by atoms with Gasteiger partial charge in [0.15, 0.2) is 11.5 Å². The first-order valence-electron chi connectivity index (χ1n) is 12.5. The van der Waals surface area contributed by atoms with Gasteiger partial charge in [-0.3, -0.25) is 18.8 Å². The number of anilines is 1. The molecule has 202 valence electrons. The smallest absolute Gasteiger partial charge is 0.267 e. The summed E-state index contributed by atoms with van der Waals surface area (Å²) in [7, 11) is 1.78. The summed E-state index contributed by atoms with van der Waals surface area (Å²) in [6.45, 7) is 1.67. The number of nitrogens with zero attached hydrogens (tertiary/aromatic N) is 7. The van der Waals surface area contributed by atoms with E-state index in [2.05, 4.69) is 32.3 Å². The Kier molecular flexibility index (Phi) is 6.24. The van der Waals surface area contributed by atoms with Crippen LogP contribution in [-0.4, -0.2) is 39.8 Å². The van der Waals surface area contributed by atoms with Crippen molar-refractivity contribution in [3.8, 4) is 17.5 Å². The largest absolute Gasteiger partial charge is 0.381 e. The monoisotopic (exact) mass is 547 g/mol. The van der Waals surface area contributed by atoms with E-state index in [0.29, 0.717) is 16.6 Å². The number of nitrogens with one attached hydrogen (secondary N) is 1. The average Bonchev–Trinajstić information content (AvgIpc) is 3.52. The SMILES string of the molecule is CC(NC(=O)c1c(N)nn2cccnc12)c1nc2cccc(C#Cc3cnn(C)c3)c2c(=O)n1-c1cccc(F)c1. The Bertz CT molecular complexity index is 2100. The molecule has 6 aromatic rings. The molecule has 6 rings (SSSR count). The number of amides is 1. The zero-order valence-electron chi connectivity index (χ0n) is 21.9. The summed E-state index contributed by atoms with van der Waals surface area (Å²) in [5, 5.41) is 11.4. The van der Waals surface area contributed by atoms with Gasteiger partial charge in [-0.05, 0) is 43.3 Å². The number of nitrogen functional groups attached to an aromatic ring is 1. The molecule has 41 heavy (non-hydrogen) atoms. The third-order valence-corrected chi connectivity index (χ3v) is 6.42. The third kappa shape index (κ3) is 4.65. The van der Waals surface area contributed by atoms with Crippen LogP contribution in [0.2, 0.25) is 0 Å². The van der Waals surface area contributed by atoms with Crippen molar-refractivity contribution in [2.45, 2.75) is 13.0 Å². The Hall–Kier alpha value is -5.83. The summed E-state index contributed by atoms with van der Waals surface area (Å²) < 4.78 is 18.7. The maximum absolute atomic E-state index is 14.3. The molecule has 4 heterocycles. The minimum atomic E-state index is -0.814. The van der Waals surface area contributed by atoms with Gasteiger partial charge in [-0.25, -0.2) is 18.9 Å². The summed E-state index contributed by atoms with van der Waals surface area (Å²) in [6.07, 6.45) is 6.53. The standard InChI is InChI=1S/C29H22FN9O2/c1-17(34-28(40)24-25(31)36-38-13-5-12-32-27(24)38)26-35-22-9-3-6-19(11-10-18-15-33-37(2)16-18)23(22)29(41)39(26)21-8-4-7-20(30)14-21/h3-9,12-17H,1-2H3,(H2,31,36)(H,34,40). The van der Waals surface area contributed by atoms with Crippen molar-refractivity contribution in [2.75, 3.05) is 5.73 Å². The first-order chi connectivity index (χ1) is 19.8. The molecular weight excluding hydrogens is 525 g/mol. The van der Waals surface area contributed by atoms with Crippen molar-refractivity contribution in [3.05, 3.63) is 112 Å². The maximum Gasteiger partial charge on any atom is 0.267 e. The zero-order chi connectivity index (χ0) is 28.7. The number of aryl methyl sites for hydroxylation is 1. The van der Waals surface area contributed by atoms with Crippen LogP contribution in [0, 0.1) is 17.7 Å². The second-order valence-electron chi connectivity index (χ2n) is 9.29. The molecule has 1 atom stereocenters. The highest BCUT2D eigenvalue weighted by Crippen LogP contribution is 2.22. The average molecular weight is 548 g/mol. The summed E-state index contributed by atoms with van der Waals surface area (Å²) in [5.74, 6) is 5.15. The quantitative estimate of drug-likeness (QED) is 0.324. The fraction of sp³-hybridized carbons (Fsp3) is 0.103. The van der Waals surface area contributed by atoms with Crippen LogP contribution in [0.3, 0.4) is 0 Å². The van der Waals surface area contributed by atoms with Crippen LogP contribution in [0.4, 0.5) is 10.2 Å². The van der Waals surface area contributed by atoms with Gasteiger partial charge in [-0.1, -0.05) is 24.0 Å². The lowest BCUT2D eigenvalue weighted by molar-refractivity contribution is 0.0940. The third-order valence-electron chi connectivity index (χ3n) is 6.42. The summed E-state index contributed by atoms with van der Waals surface area (Å²) in [6, 6.07) is 11.6. The van der Waals surface area contributed by atoms with E-state index < -0.39 is 23.3 Å². The van der Waals surface area contributed by atoms with E-state index in [4.69, 9.17) is 10.7 Å². The van der Waals surface area contributed by atoms with Crippen LogP contribution < -0.4 is 16.6 Å². The molecule has 4 aromatic heterocycles.